The molecule has 0 heterocycles. The van der Waals surface area contributed by atoms with Gasteiger partial charge in [-0.2, -0.15) is 21.9 Å². The summed E-state index contributed by atoms with van der Waals surface area (Å²) in [6, 6.07) is 72.8. The molecule has 7 aromatic carbocycles. The molecule has 0 aromatic heterocycles. The average Bonchev–Trinajstić information content (AvgIpc) is 3.18. The van der Waals surface area contributed by atoms with Crippen LogP contribution in [0.5, 0.6) is 0 Å². The van der Waals surface area contributed by atoms with Gasteiger partial charge in [0.2, 0.25) is 0 Å². The first-order chi connectivity index (χ1) is 25.1. The predicted molar refractivity (Wildman–Crippen MR) is 229 cm³/mol. The van der Waals surface area contributed by atoms with Crippen LogP contribution in [-0.2, 0) is 21.7 Å². The van der Waals surface area contributed by atoms with Crippen molar-refractivity contribution in [3.05, 3.63) is 211 Å². The molecule has 0 nitrogen and oxygen atoms in total. The van der Waals surface area contributed by atoms with Gasteiger partial charge in [-0.3, -0.25) is 0 Å². The van der Waals surface area contributed by atoms with Crippen molar-refractivity contribution in [2.24, 2.45) is 0 Å². The van der Waals surface area contributed by atoms with Crippen LogP contribution in [0.3, 0.4) is 0 Å². The fraction of sp³-hybridized carbons (Fsp3) is 0.160. The average molecular weight is 695 g/mol. The van der Waals surface area contributed by atoms with Gasteiger partial charge in [-0.15, -0.1) is 0 Å². The van der Waals surface area contributed by atoms with E-state index in [-0.39, 0.29) is 21.7 Å². The van der Waals surface area contributed by atoms with Gasteiger partial charge in [-0.25, -0.2) is 0 Å². The largest absolute Gasteiger partial charge is 0.195 e. The second-order valence-electron chi connectivity index (χ2n) is 15.7. The van der Waals surface area contributed by atoms with Crippen molar-refractivity contribution in [2.45, 2.75) is 67.1 Å². The lowest BCUT2D eigenvalue weighted by Gasteiger charge is -2.44. The highest BCUT2D eigenvalue weighted by Crippen LogP contribution is 2.34. The first-order valence-electron chi connectivity index (χ1n) is 18.5. The second kappa shape index (κ2) is 16.1. The number of benzene rings is 7. The van der Waals surface area contributed by atoms with Crippen molar-refractivity contribution in [2.75, 3.05) is 0 Å². The van der Waals surface area contributed by atoms with Crippen molar-refractivity contribution in [1.82, 2.24) is 0 Å². The summed E-state index contributed by atoms with van der Waals surface area (Å²) >= 11 is 0. The third-order valence-corrected chi connectivity index (χ3v) is 12.3. The van der Waals surface area contributed by atoms with Crippen molar-refractivity contribution < 1.29 is 0 Å². The van der Waals surface area contributed by atoms with Crippen LogP contribution in [0, 0.1) is 0 Å². The van der Waals surface area contributed by atoms with Crippen LogP contribution >= 0.6 is 0 Å². The molecule has 0 N–H and O–H groups in total. The summed E-state index contributed by atoms with van der Waals surface area (Å²) in [7, 11) is -0.0847. The third-order valence-electron chi connectivity index (χ3n) is 10.1. The first-order valence-corrected chi connectivity index (χ1v) is 19.7. The Kier molecular flexibility index (Phi) is 11.4. The SMILES string of the molecule is CC(C)(C)c1ccc([S+](c2ccccc2)c2ccc(C(C)(C)C)cc2)cc1.c1ccc([B-](c2ccccc2)(c2ccccc2)c2ccccc2)cc1. The van der Waals surface area contributed by atoms with Gasteiger partial charge in [0, 0.05) is 0 Å². The molecule has 0 fully saturated rings. The highest BCUT2D eigenvalue weighted by Gasteiger charge is 2.32. The molecule has 0 aliphatic carbocycles. The van der Waals surface area contributed by atoms with Crippen LogP contribution in [0.4, 0.5) is 0 Å². The molecule has 0 aliphatic heterocycles. The van der Waals surface area contributed by atoms with Crippen molar-refractivity contribution in [1.29, 1.82) is 0 Å². The van der Waals surface area contributed by atoms with E-state index in [1.54, 1.807) is 0 Å². The van der Waals surface area contributed by atoms with E-state index in [1.165, 1.54) is 47.7 Å². The summed E-state index contributed by atoms with van der Waals surface area (Å²) in [6.07, 6.45) is -1.22. The minimum Gasteiger partial charge on any atom is -0.195 e. The van der Waals surface area contributed by atoms with Crippen molar-refractivity contribution in [3.8, 4) is 0 Å². The van der Waals surface area contributed by atoms with E-state index in [0.29, 0.717) is 0 Å². The molecule has 7 aromatic rings. The summed E-state index contributed by atoms with van der Waals surface area (Å²) in [5.74, 6) is 0. The number of rotatable bonds is 7. The van der Waals surface area contributed by atoms with Crippen molar-refractivity contribution in [3.63, 3.8) is 0 Å². The Hall–Kier alpha value is -5.05. The molecule has 0 spiro atoms. The lowest BCUT2D eigenvalue weighted by atomic mass is 9.13. The summed E-state index contributed by atoms with van der Waals surface area (Å²) < 4.78 is 0. The molecule has 52 heavy (non-hydrogen) atoms. The fourth-order valence-electron chi connectivity index (χ4n) is 7.27. The van der Waals surface area contributed by atoms with Gasteiger partial charge < -0.3 is 0 Å². The van der Waals surface area contributed by atoms with Gasteiger partial charge in [0.25, 0.3) is 0 Å². The summed E-state index contributed by atoms with van der Waals surface area (Å²) in [5.41, 5.74) is 8.47. The Morgan fingerprint density at radius 3 is 0.769 bits per heavy atom. The van der Waals surface area contributed by atoms with Crippen LogP contribution in [0.2, 0.25) is 0 Å². The van der Waals surface area contributed by atoms with Crippen LogP contribution in [-0.4, -0.2) is 6.15 Å². The summed E-state index contributed by atoms with van der Waals surface area (Å²) in [5, 5.41) is 0. The maximum absolute atomic E-state index is 2.31. The molecule has 2 heteroatoms. The Morgan fingerprint density at radius 1 is 0.288 bits per heavy atom. The lowest BCUT2D eigenvalue weighted by molar-refractivity contribution is 0.589. The molecule has 0 unspecified atom stereocenters. The molecule has 0 amide bonds. The van der Waals surface area contributed by atoms with E-state index >= 15 is 0 Å². The van der Waals surface area contributed by atoms with Crippen LogP contribution < -0.4 is 21.9 Å². The molecule has 0 atom stereocenters. The molecule has 0 saturated heterocycles. The Bertz CT molecular complexity index is 1870. The smallest absolute Gasteiger partial charge is 0.166 e. The quantitative estimate of drug-likeness (QED) is 0.115. The topological polar surface area (TPSA) is 0 Å². The van der Waals surface area contributed by atoms with Gasteiger partial charge >= 0.3 is 0 Å². The monoisotopic (exact) mass is 694 g/mol. The third kappa shape index (κ3) is 8.19. The molecule has 0 bridgehead atoms. The first kappa shape index (κ1) is 36.7. The molecular weight excluding hydrogens is 643 g/mol. The van der Waals surface area contributed by atoms with Crippen LogP contribution in [0.25, 0.3) is 0 Å². The van der Waals surface area contributed by atoms with Gasteiger partial charge in [-0.1, -0.05) is 205 Å². The molecule has 260 valence electrons. The van der Waals surface area contributed by atoms with E-state index < -0.39 is 6.15 Å². The second-order valence-corrected chi connectivity index (χ2v) is 17.7. The van der Waals surface area contributed by atoms with Crippen LogP contribution in [0.15, 0.2) is 215 Å². The zero-order valence-corrected chi connectivity index (χ0v) is 32.4. The molecule has 0 saturated carbocycles. The van der Waals surface area contributed by atoms with Gasteiger partial charge in [0.15, 0.2) is 14.7 Å². The number of hydrogen-bond donors (Lipinski definition) is 0. The molecular formula is C50H51BS. The van der Waals surface area contributed by atoms with Gasteiger partial charge in [0.05, 0.1) is 10.9 Å². The van der Waals surface area contributed by atoms with E-state index in [0.717, 1.165) is 0 Å². The van der Waals surface area contributed by atoms with E-state index in [2.05, 4.69) is 242 Å². The van der Waals surface area contributed by atoms with Gasteiger partial charge in [-0.05, 0) is 58.4 Å². The molecule has 0 radical (unpaired) electrons. The van der Waals surface area contributed by atoms with E-state index in [4.69, 9.17) is 0 Å². The lowest BCUT2D eigenvalue weighted by Crippen LogP contribution is -2.74. The number of hydrogen-bond acceptors (Lipinski definition) is 0. The maximum Gasteiger partial charge on any atom is 0.166 e. The van der Waals surface area contributed by atoms with Crippen molar-refractivity contribution >= 4 is 38.9 Å². The maximum atomic E-state index is 2.31. The van der Waals surface area contributed by atoms with Crippen LogP contribution in [0.1, 0.15) is 52.7 Å². The van der Waals surface area contributed by atoms with Gasteiger partial charge in [0.1, 0.15) is 6.15 Å². The molecule has 7 rings (SSSR count). The highest BCUT2D eigenvalue weighted by molar-refractivity contribution is 7.97. The minimum atomic E-state index is -1.22. The zero-order valence-electron chi connectivity index (χ0n) is 31.5. The Labute approximate surface area is 315 Å². The van der Waals surface area contributed by atoms with E-state index in [1.807, 2.05) is 0 Å². The minimum absolute atomic E-state index is 0.0847. The Morgan fingerprint density at radius 2 is 0.519 bits per heavy atom. The summed E-state index contributed by atoms with van der Waals surface area (Å²) in [6.45, 7) is 13.6. The fourth-order valence-corrected chi connectivity index (χ4v) is 9.33. The zero-order chi connectivity index (χ0) is 36.6. The normalized spacial score (nSPS) is 11.8. The highest BCUT2D eigenvalue weighted by atomic mass is 32.2. The molecule has 0 aliphatic rings. The van der Waals surface area contributed by atoms with E-state index in [9.17, 15) is 0 Å². The standard InChI is InChI=1S/C26H31S.C24H20B/c1-25(2,3)20-12-16-23(17-13-20)27(22-10-8-7-9-11-22)24-18-14-21(15-19-24)26(4,5)6;1-5-13-21(14-6-1)25(22-15-7-2-8-16-22,23-17-9-3-10-18-23)24-19-11-4-12-20-24/h7-19H,1-6H3;1-20H/q+1;-1. The Balaban J connectivity index is 0.000000179. The summed E-state index contributed by atoms with van der Waals surface area (Å²) in [4.78, 5) is 4.11. The predicted octanol–water partition coefficient (Wildman–Crippen LogP) is 10.4.